The van der Waals surface area contributed by atoms with Crippen LogP contribution in [0.4, 0.5) is 0 Å². The number of hydrogen-bond acceptors (Lipinski definition) is 2. The predicted octanol–water partition coefficient (Wildman–Crippen LogP) is 5.71. The lowest BCUT2D eigenvalue weighted by Gasteiger charge is -2.10. The lowest BCUT2D eigenvalue weighted by molar-refractivity contribution is 0.459. The van der Waals surface area contributed by atoms with Gasteiger partial charge in [0.2, 0.25) is 0 Å². The lowest BCUT2D eigenvalue weighted by Crippen LogP contribution is -1.94. The van der Waals surface area contributed by atoms with Crippen LogP contribution in [0.3, 0.4) is 0 Å². The molecule has 0 radical (unpaired) electrons. The smallest absolute Gasteiger partial charge is 0.133 e. The molecule has 2 aromatic carbocycles. The van der Waals surface area contributed by atoms with Crippen LogP contribution in [0.2, 0.25) is 10.0 Å². The predicted molar refractivity (Wildman–Crippen MR) is 89.0 cm³/mol. The van der Waals surface area contributed by atoms with Gasteiger partial charge in [0, 0.05) is 10.0 Å². The third-order valence-corrected chi connectivity index (χ3v) is 4.52. The maximum absolute atomic E-state index is 9.98. The van der Waals surface area contributed by atoms with Crippen molar-refractivity contribution >= 4 is 55.1 Å². The zero-order valence-corrected chi connectivity index (χ0v) is 14.8. The molecule has 20 heavy (non-hydrogen) atoms. The number of hydrogen-bond donors (Lipinski definition) is 2. The molecule has 0 bridgehead atoms. The summed E-state index contributed by atoms with van der Waals surface area (Å²) < 4.78 is 1.10. The Balaban J connectivity index is 2.26. The summed E-state index contributed by atoms with van der Waals surface area (Å²) >= 11 is 18.4. The van der Waals surface area contributed by atoms with Gasteiger partial charge in [-0.15, -0.1) is 0 Å². The monoisotopic (exact) mass is 438 g/mol. The molecule has 0 fully saturated rings. The van der Waals surface area contributed by atoms with Gasteiger partial charge in [-0.3, -0.25) is 0 Å². The number of benzene rings is 2. The molecule has 2 aromatic rings. The molecule has 0 heterocycles. The molecule has 0 aliphatic rings. The minimum absolute atomic E-state index is 0.162. The Morgan fingerprint density at radius 1 is 0.750 bits per heavy atom. The molecule has 0 atom stereocenters. The van der Waals surface area contributed by atoms with E-state index in [4.69, 9.17) is 23.2 Å². The second-order valence-electron chi connectivity index (χ2n) is 4.29. The molecular formula is C14H10Br2Cl2O2. The van der Waals surface area contributed by atoms with E-state index in [1.165, 1.54) is 0 Å². The van der Waals surface area contributed by atoms with Crippen LogP contribution < -0.4 is 0 Å². The van der Waals surface area contributed by atoms with Gasteiger partial charge in [0.15, 0.2) is 0 Å². The van der Waals surface area contributed by atoms with Crippen molar-refractivity contribution in [3.63, 3.8) is 0 Å². The maximum atomic E-state index is 9.98. The normalized spacial score (nSPS) is 10.8. The molecular weight excluding hydrogens is 431 g/mol. The zero-order chi connectivity index (χ0) is 14.9. The first kappa shape index (κ1) is 16.0. The van der Waals surface area contributed by atoms with E-state index in [0.29, 0.717) is 43.0 Å². The Hall–Kier alpha value is -0.420. The first-order valence-corrected chi connectivity index (χ1v) is 8.06. The summed E-state index contributed by atoms with van der Waals surface area (Å²) in [5.41, 5.74) is 1.42. The van der Waals surface area contributed by atoms with E-state index >= 15 is 0 Å². The third-order valence-electron chi connectivity index (χ3n) is 2.88. The van der Waals surface area contributed by atoms with Crippen molar-refractivity contribution in [1.29, 1.82) is 0 Å². The highest BCUT2D eigenvalue weighted by Gasteiger charge is 2.11. The molecule has 0 aromatic heterocycles. The van der Waals surface area contributed by atoms with Crippen LogP contribution in [-0.4, -0.2) is 10.2 Å². The van der Waals surface area contributed by atoms with Crippen molar-refractivity contribution in [3.05, 3.63) is 54.4 Å². The topological polar surface area (TPSA) is 40.5 Å². The molecule has 106 valence electrons. The number of phenolic OH excluding ortho intramolecular Hbond substituents is 2. The lowest BCUT2D eigenvalue weighted by atomic mass is 10.0. The number of halogens is 4. The summed E-state index contributed by atoms with van der Waals surface area (Å²) in [4.78, 5) is 0. The third kappa shape index (κ3) is 3.61. The Morgan fingerprint density at radius 3 is 1.45 bits per heavy atom. The van der Waals surface area contributed by atoms with Crippen LogP contribution in [0.5, 0.6) is 11.5 Å². The first-order valence-electron chi connectivity index (χ1n) is 5.72. The Morgan fingerprint density at radius 2 is 1.10 bits per heavy atom. The number of phenols is 2. The molecule has 0 aliphatic carbocycles. The SMILES string of the molecule is Oc1c(Br)cc(Cl)cc1CCc1cc(Cl)cc(Br)c1O. The summed E-state index contributed by atoms with van der Waals surface area (Å²) in [6.07, 6.45) is 1.07. The Bertz CT molecular complexity index is 603. The fraction of sp³-hybridized carbons (Fsp3) is 0.143. The van der Waals surface area contributed by atoms with Crippen molar-refractivity contribution in [3.8, 4) is 11.5 Å². The highest BCUT2D eigenvalue weighted by molar-refractivity contribution is 9.10. The van der Waals surface area contributed by atoms with Crippen LogP contribution in [-0.2, 0) is 12.8 Å². The van der Waals surface area contributed by atoms with Crippen LogP contribution in [0.15, 0.2) is 33.2 Å². The molecule has 2 rings (SSSR count). The molecule has 0 spiro atoms. The summed E-state index contributed by atoms with van der Waals surface area (Å²) in [7, 11) is 0. The van der Waals surface area contributed by atoms with E-state index in [1.807, 2.05) is 0 Å². The van der Waals surface area contributed by atoms with Gasteiger partial charge in [0.05, 0.1) is 8.95 Å². The highest BCUT2D eigenvalue weighted by atomic mass is 79.9. The van der Waals surface area contributed by atoms with Crippen molar-refractivity contribution < 1.29 is 10.2 Å². The van der Waals surface area contributed by atoms with Gasteiger partial charge in [-0.05, 0) is 80.1 Å². The van der Waals surface area contributed by atoms with Crippen LogP contribution in [0, 0.1) is 0 Å². The van der Waals surface area contributed by atoms with E-state index in [9.17, 15) is 10.2 Å². The van der Waals surface area contributed by atoms with Crippen LogP contribution in [0.1, 0.15) is 11.1 Å². The number of aryl methyl sites for hydroxylation is 2. The average Bonchev–Trinajstić information content (AvgIpc) is 2.37. The van der Waals surface area contributed by atoms with Crippen molar-refractivity contribution in [2.24, 2.45) is 0 Å². The minimum atomic E-state index is 0.162. The van der Waals surface area contributed by atoms with E-state index in [1.54, 1.807) is 24.3 Å². The highest BCUT2D eigenvalue weighted by Crippen LogP contribution is 2.35. The van der Waals surface area contributed by atoms with Gasteiger partial charge in [0.1, 0.15) is 11.5 Å². The van der Waals surface area contributed by atoms with Crippen molar-refractivity contribution in [2.45, 2.75) is 12.8 Å². The summed E-state index contributed by atoms with van der Waals surface area (Å²) in [6.45, 7) is 0. The fourth-order valence-corrected chi connectivity index (χ4v) is 3.64. The Kier molecular flexibility index (Phi) is 5.24. The standard InChI is InChI=1S/C14H10Br2Cl2O2/c15-11-5-9(17)3-7(13(11)19)1-2-8-4-10(18)6-12(16)14(8)20/h3-6,19-20H,1-2H2. The zero-order valence-electron chi connectivity index (χ0n) is 10.1. The van der Waals surface area contributed by atoms with Crippen LogP contribution >= 0.6 is 55.1 Å². The van der Waals surface area contributed by atoms with Crippen molar-refractivity contribution in [2.75, 3.05) is 0 Å². The van der Waals surface area contributed by atoms with E-state index < -0.39 is 0 Å². The van der Waals surface area contributed by atoms with Gasteiger partial charge < -0.3 is 10.2 Å². The molecule has 0 amide bonds. The van der Waals surface area contributed by atoms with Gasteiger partial charge in [-0.25, -0.2) is 0 Å². The minimum Gasteiger partial charge on any atom is -0.506 e. The average molecular weight is 441 g/mol. The van der Waals surface area contributed by atoms with E-state index in [-0.39, 0.29) is 11.5 Å². The molecule has 2 nitrogen and oxygen atoms in total. The van der Waals surface area contributed by atoms with Crippen LogP contribution in [0.25, 0.3) is 0 Å². The molecule has 0 aliphatic heterocycles. The fourth-order valence-electron chi connectivity index (χ4n) is 1.89. The number of rotatable bonds is 3. The number of aromatic hydroxyl groups is 2. The first-order chi connectivity index (χ1) is 9.38. The van der Waals surface area contributed by atoms with Gasteiger partial charge in [-0.2, -0.15) is 0 Å². The Labute approximate surface area is 143 Å². The van der Waals surface area contributed by atoms with Gasteiger partial charge in [-0.1, -0.05) is 23.2 Å². The second kappa shape index (κ2) is 6.56. The van der Waals surface area contributed by atoms with E-state index in [0.717, 1.165) is 0 Å². The summed E-state index contributed by atoms with van der Waals surface area (Å²) in [5.74, 6) is 0.324. The summed E-state index contributed by atoms with van der Waals surface area (Å²) in [6, 6.07) is 6.68. The molecule has 0 saturated heterocycles. The molecule has 6 heteroatoms. The molecule has 0 unspecified atom stereocenters. The largest absolute Gasteiger partial charge is 0.506 e. The second-order valence-corrected chi connectivity index (χ2v) is 6.87. The molecule has 0 saturated carbocycles. The van der Waals surface area contributed by atoms with Gasteiger partial charge in [0.25, 0.3) is 0 Å². The maximum Gasteiger partial charge on any atom is 0.133 e. The van der Waals surface area contributed by atoms with E-state index in [2.05, 4.69) is 31.9 Å². The molecule has 2 N–H and O–H groups in total. The van der Waals surface area contributed by atoms with Gasteiger partial charge >= 0.3 is 0 Å². The van der Waals surface area contributed by atoms with Crippen molar-refractivity contribution in [1.82, 2.24) is 0 Å². The quantitative estimate of drug-likeness (QED) is 0.641. The summed E-state index contributed by atoms with van der Waals surface area (Å²) in [5, 5.41) is 21.0.